The molecule has 4 nitrogen and oxygen atoms in total. The van der Waals surface area contributed by atoms with E-state index >= 15 is 0 Å². The van der Waals surface area contributed by atoms with E-state index in [1.807, 2.05) is 97.9 Å². The summed E-state index contributed by atoms with van der Waals surface area (Å²) in [6.45, 7) is 15.7. The van der Waals surface area contributed by atoms with Crippen LogP contribution in [0.25, 0.3) is 33.4 Å². The predicted molar refractivity (Wildman–Crippen MR) is 201 cm³/mol. The van der Waals surface area contributed by atoms with Crippen molar-refractivity contribution in [3.63, 3.8) is 0 Å². The molecule has 0 fully saturated rings. The van der Waals surface area contributed by atoms with E-state index < -0.39 is 5.92 Å². The average Bonchev–Trinajstić information content (AvgIpc) is 3.08. The number of rotatable bonds is 6. The Hall–Kier alpha value is -5.48. The Kier molecular flexibility index (Phi) is 8.77. The molecule has 0 aliphatic rings. The summed E-state index contributed by atoms with van der Waals surface area (Å²) in [7, 11) is 0. The summed E-state index contributed by atoms with van der Waals surface area (Å²) in [5.74, 6) is 0.339. The number of hydrogen-bond acceptors (Lipinski definition) is 4. The van der Waals surface area contributed by atoms with Gasteiger partial charge in [-0.05, 0) is 175 Å². The molecule has 0 bridgehead atoms. The molecule has 0 aliphatic heterocycles. The molecule has 6 aromatic carbocycles. The fraction of sp³-hybridized carbons (Fsp3) is 0.200. The Bertz CT molecular complexity index is 2110. The van der Waals surface area contributed by atoms with E-state index in [4.69, 9.17) is 0 Å². The van der Waals surface area contributed by atoms with Crippen LogP contribution in [0.1, 0.15) is 67.1 Å². The largest absolute Gasteiger partial charge is 0.508 e. The van der Waals surface area contributed by atoms with E-state index in [0.717, 1.165) is 94.6 Å². The van der Waals surface area contributed by atoms with Crippen molar-refractivity contribution < 1.29 is 20.4 Å². The quantitative estimate of drug-likeness (QED) is 0.136. The SMILES string of the molecule is Cc1cc(-c2cc(C)c(O)c(C(c3ccc(-c4ccccc4)cc3)c3c(C)c(-c4cc(C)c(O)cc4C)cc(C)c3O)c2C)c(C)cc1O. The van der Waals surface area contributed by atoms with Crippen LogP contribution in [0.15, 0.2) is 91.0 Å². The van der Waals surface area contributed by atoms with Crippen molar-refractivity contribution in [2.45, 2.75) is 61.3 Å². The van der Waals surface area contributed by atoms with Crippen LogP contribution >= 0.6 is 0 Å². The second kappa shape index (κ2) is 12.9. The number of phenols is 4. The number of phenolic OH excluding ortho intramolecular Hbond substituents is 4. The maximum Gasteiger partial charge on any atom is 0.122 e. The standard InChI is InChI=1S/C45H44O4/c1-24-22-39(46)26(3)18-35(24)37-20-28(5)44(48)41(30(37)7)43(34-16-14-33(15-17-34)32-12-10-9-11-13-32)42-31(8)38(21-29(6)45(42)49)36-19-27(4)40(47)23-25(36)2/h9-23,43,46-49H,1-8H3. The van der Waals surface area contributed by atoms with Gasteiger partial charge in [-0.2, -0.15) is 0 Å². The highest BCUT2D eigenvalue weighted by molar-refractivity contribution is 5.80. The van der Waals surface area contributed by atoms with E-state index in [0.29, 0.717) is 0 Å². The zero-order chi connectivity index (χ0) is 35.3. The van der Waals surface area contributed by atoms with E-state index in [-0.39, 0.29) is 23.0 Å². The van der Waals surface area contributed by atoms with Gasteiger partial charge >= 0.3 is 0 Å². The van der Waals surface area contributed by atoms with Gasteiger partial charge in [-0.1, -0.05) is 54.6 Å². The topological polar surface area (TPSA) is 80.9 Å². The lowest BCUT2D eigenvalue weighted by Gasteiger charge is -2.29. The summed E-state index contributed by atoms with van der Waals surface area (Å²) in [5, 5.41) is 45.0. The predicted octanol–water partition coefficient (Wildman–Crippen LogP) is 11.2. The first-order valence-electron chi connectivity index (χ1n) is 16.7. The Morgan fingerprint density at radius 1 is 0.388 bits per heavy atom. The van der Waals surface area contributed by atoms with Crippen molar-refractivity contribution in [3.8, 4) is 56.4 Å². The van der Waals surface area contributed by atoms with Crippen molar-refractivity contribution in [2.75, 3.05) is 0 Å². The summed E-state index contributed by atoms with van der Waals surface area (Å²) in [6.07, 6.45) is 0. The van der Waals surface area contributed by atoms with Crippen molar-refractivity contribution in [3.05, 3.63) is 152 Å². The smallest absolute Gasteiger partial charge is 0.122 e. The van der Waals surface area contributed by atoms with Crippen molar-refractivity contribution in [2.24, 2.45) is 0 Å². The zero-order valence-electron chi connectivity index (χ0n) is 29.5. The maximum atomic E-state index is 12.0. The summed E-state index contributed by atoms with van der Waals surface area (Å²) in [6, 6.07) is 30.2. The van der Waals surface area contributed by atoms with Crippen molar-refractivity contribution >= 4 is 0 Å². The molecule has 0 saturated carbocycles. The Morgan fingerprint density at radius 3 is 1.20 bits per heavy atom. The molecule has 0 radical (unpaired) electrons. The summed E-state index contributed by atoms with van der Waals surface area (Å²) in [5.41, 5.74) is 15.1. The molecule has 0 heterocycles. The zero-order valence-corrected chi connectivity index (χ0v) is 29.5. The van der Waals surface area contributed by atoms with Gasteiger partial charge in [-0.15, -0.1) is 0 Å². The minimum atomic E-state index is -0.529. The Balaban J connectivity index is 1.69. The number of aryl methyl sites for hydroxylation is 6. The highest BCUT2D eigenvalue weighted by Gasteiger charge is 2.31. The van der Waals surface area contributed by atoms with Crippen LogP contribution in [0.4, 0.5) is 0 Å². The van der Waals surface area contributed by atoms with Crippen LogP contribution in [-0.4, -0.2) is 20.4 Å². The monoisotopic (exact) mass is 648 g/mol. The molecule has 248 valence electrons. The molecule has 0 aliphatic carbocycles. The van der Waals surface area contributed by atoms with Crippen LogP contribution < -0.4 is 0 Å². The van der Waals surface area contributed by atoms with Gasteiger partial charge in [0.05, 0.1) is 0 Å². The average molecular weight is 649 g/mol. The number of hydrogen-bond donors (Lipinski definition) is 4. The third-order valence-corrected chi connectivity index (χ3v) is 10.2. The normalized spacial score (nSPS) is 11.4. The molecule has 6 aromatic rings. The Labute approximate surface area is 289 Å². The molecule has 4 heteroatoms. The molecular weight excluding hydrogens is 604 g/mol. The lowest BCUT2D eigenvalue weighted by Crippen LogP contribution is -2.11. The molecule has 0 spiro atoms. The summed E-state index contributed by atoms with van der Waals surface area (Å²) >= 11 is 0. The number of aromatic hydroxyl groups is 4. The molecule has 0 aromatic heterocycles. The first-order valence-corrected chi connectivity index (χ1v) is 16.7. The Morgan fingerprint density at radius 2 is 0.776 bits per heavy atom. The maximum absolute atomic E-state index is 12.0. The molecule has 0 atom stereocenters. The van der Waals surface area contributed by atoms with Crippen molar-refractivity contribution in [1.29, 1.82) is 0 Å². The van der Waals surface area contributed by atoms with Gasteiger partial charge in [0.15, 0.2) is 0 Å². The second-order valence-corrected chi connectivity index (χ2v) is 13.6. The van der Waals surface area contributed by atoms with Crippen LogP contribution in [0.3, 0.4) is 0 Å². The fourth-order valence-corrected chi connectivity index (χ4v) is 7.28. The molecule has 0 amide bonds. The number of benzene rings is 6. The molecule has 4 N–H and O–H groups in total. The van der Waals surface area contributed by atoms with Gasteiger partial charge in [0.1, 0.15) is 23.0 Å². The second-order valence-electron chi connectivity index (χ2n) is 13.6. The lowest BCUT2D eigenvalue weighted by atomic mass is 9.75. The minimum Gasteiger partial charge on any atom is -0.508 e. The van der Waals surface area contributed by atoms with E-state index in [1.54, 1.807) is 12.1 Å². The van der Waals surface area contributed by atoms with Gasteiger partial charge < -0.3 is 20.4 Å². The first kappa shape index (κ1) is 33.4. The molecule has 0 unspecified atom stereocenters. The van der Waals surface area contributed by atoms with Gasteiger partial charge in [-0.25, -0.2) is 0 Å². The van der Waals surface area contributed by atoms with Gasteiger partial charge in [0.2, 0.25) is 0 Å². The van der Waals surface area contributed by atoms with Gasteiger partial charge in [-0.3, -0.25) is 0 Å². The first-order chi connectivity index (χ1) is 23.3. The molecular formula is C45H44O4. The highest BCUT2D eigenvalue weighted by Crippen LogP contribution is 2.50. The van der Waals surface area contributed by atoms with Crippen LogP contribution in [0.5, 0.6) is 23.0 Å². The van der Waals surface area contributed by atoms with E-state index in [2.05, 4.69) is 36.4 Å². The van der Waals surface area contributed by atoms with Crippen LogP contribution in [0, 0.1) is 55.4 Å². The summed E-state index contributed by atoms with van der Waals surface area (Å²) < 4.78 is 0. The summed E-state index contributed by atoms with van der Waals surface area (Å²) in [4.78, 5) is 0. The molecule has 49 heavy (non-hydrogen) atoms. The third-order valence-electron chi connectivity index (χ3n) is 10.2. The minimum absolute atomic E-state index is 0.185. The van der Waals surface area contributed by atoms with E-state index in [9.17, 15) is 20.4 Å². The fourth-order valence-electron chi connectivity index (χ4n) is 7.28. The van der Waals surface area contributed by atoms with Crippen molar-refractivity contribution in [1.82, 2.24) is 0 Å². The molecule has 6 rings (SSSR count). The van der Waals surface area contributed by atoms with E-state index in [1.165, 1.54) is 0 Å². The molecule has 0 saturated heterocycles. The van der Waals surface area contributed by atoms with Crippen LogP contribution in [0.2, 0.25) is 0 Å². The lowest BCUT2D eigenvalue weighted by molar-refractivity contribution is 0.453. The van der Waals surface area contributed by atoms with Gasteiger partial charge in [0.25, 0.3) is 0 Å². The van der Waals surface area contributed by atoms with Crippen LogP contribution in [-0.2, 0) is 0 Å². The third kappa shape index (κ3) is 5.93. The van der Waals surface area contributed by atoms with Gasteiger partial charge in [0, 0.05) is 17.0 Å². The highest BCUT2D eigenvalue weighted by atomic mass is 16.3.